The van der Waals surface area contributed by atoms with Crippen molar-refractivity contribution in [2.45, 2.75) is 48.8 Å². The van der Waals surface area contributed by atoms with Crippen molar-refractivity contribution < 1.29 is 89.6 Å². The van der Waals surface area contributed by atoms with Crippen molar-refractivity contribution in [1.82, 2.24) is 9.97 Å². The van der Waals surface area contributed by atoms with E-state index in [0.717, 1.165) is 24.5 Å². The predicted molar refractivity (Wildman–Crippen MR) is 92.6 cm³/mol. The van der Waals surface area contributed by atoms with Crippen LogP contribution in [0.3, 0.4) is 0 Å². The summed E-state index contributed by atoms with van der Waals surface area (Å²) in [7, 11) is 0. The Labute approximate surface area is 209 Å². The van der Waals surface area contributed by atoms with Crippen LogP contribution in [0.4, 0.5) is 70.2 Å². The van der Waals surface area contributed by atoms with Gasteiger partial charge in [0, 0.05) is 5.56 Å². The first-order valence-corrected chi connectivity index (χ1v) is 9.43. The molecule has 0 amide bonds. The first-order chi connectivity index (χ1) is 17.8. The molecule has 0 spiro atoms. The molecule has 40 heavy (non-hydrogen) atoms. The van der Waals surface area contributed by atoms with Gasteiger partial charge in [0.25, 0.3) is 0 Å². The fourth-order valence-electron chi connectivity index (χ4n) is 2.26. The maximum absolute atomic E-state index is 13.8. The lowest BCUT2D eigenvalue weighted by molar-refractivity contribution is -0.547. The van der Waals surface area contributed by atoms with Gasteiger partial charge in [-0.15, -0.1) is 0 Å². The third kappa shape index (κ3) is 6.36. The minimum absolute atomic E-state index is 0.0583. The monoisotopic (exact) mass is 620 g/mol. The van der Waals surface area contributed by atoms with Gasteiger partial charge >= 0.3 is 48.8 Å². The summed E-state index contributed by atoms with van der Waals surface area (Å²) in [5.74, 6) is -17.3. The second kappa shape index (κ2) is 10.3. The number of alkyl halides is 16. The van der Waals surface area contributed by atoms with Gasteiger partial charge in [0.1, 0.15) is 5.75 Å². The van der Waals surface area contributed by atoms with Crippen LogP contribution in [0.5, 0.6) is 11.5 Å². The van der Waals surface area contributed by atoms with Crippen LogP contribution in [0, 0.1) is 0 Å². The highest BCUT2D eigenvalue weighted by atomic mass is 19.4. The minimum Gasteiger partial charge on any atom is -0.505 e. The summed E-state index contributed by atoms with van der Waals surface area (Å²) in [6.45, 7) is 0. The molecule has 1 aromatic carbocycles. The highest BCUT2D eigenvalue weighted by Gasteiger charge is 2.85. The molecular formula is C18H8F16N2O4. The zero-order valence-electron chi connectivity index (χ0n) is 18.2. The van der Waals surface area contributed by atoms with E-state index in [9.17, 15) is 70.2 Å². The van der Waals surface area contributed by atoms with Gasteiger partial charge < -0.3 is 9.84 Å². The maximum atomic E-state index is 13.8. The number of hydrogen-bond donors (Lipinski definition) is 1. The molecule has 1 atom stereocenters. The number of hydrogen-bond acceptors (Lipinski definition) is 6. The van der Waals surface area contributed by atoms with E-state index < -0.39 is 54.6 Å². The van der Waals surface area contributed by atoms with E-state index in [-0.39, 0.29) is 17.1 Å². The number of aromatic nitrogens is 2. The lowest BCUT2D eigenvalue weighted by Gasteiger charge is -2.36. The number of aromatic hydroxyl groups is 1. The van der Waals surface area contributed by atoms with Crippen LogP contribution in [-0.4, -0.2) is 63.9 Å². The molecule has 1 unspecified atom stereocenters. The Hall–Kier alpha value is -3.30. The summed E-state index contributed by atoms with van der Waals surface area (Å²) in [5.41, 5.74) is 0.0583. The molecule has 0 saturated carbocycles. The molecule has 1 heterocycles. The van der Waals surface area contributed by atoms with E-state index >= 15 is 0 Å². The number of benzene rings is 1. The molecule has 0 aliphatic heterocycles. The molecule has 0 saturated heterocycles. The number of nitrogens with zero attached hydrogens (tertiary/aromatic N) is 2. The number of ether oxygens (including phenoxy) is 3. The molecule has 6 nitrogen and oxygen atoms in total. The van der Waals surface area contributed by atoms with Gasteiger partial charge in [0.2, 0.25) is 0 Å². The molecule has 0 radical (unpaired) electrons. The fraction of sp³-hybridized carbons (Fsp3) is 0.444. The summed E-state index contributed by atoms with van der Waals surface area (Å²) in [6, 6.07) is 3.16. The van der Waals surface area contributed by atoms with Crippen LogP contribution in [-0.2, 0) is 9.47 Å². The van der Waals surface area contributed by atoms with Crippen LogP contribution < -0.4 is 4.74 Å². The molecule has 1 N–H and O–H groups in total. The first kappa shape index (κ1) is 32.9. The Bertz CT molecular complexity index is 1160. The number of rotatable bonds is 11. The third-order valence-electron chi connectivity index (χ3n) is 4.23. The van der Waals surface area contributed by atoms with E-state index in [2.05, 4.69) is 19.4 Å². The van der Waals surface area contributed by atoms with Crippen molar-refractivity contribution in [1.29, 1.82) is 0 Å². The van der Waals surface area contributed by atoms with Crippen molar-refractivity contribution in [3.8, 4) is 22.9 Å². The molecule has 22 heteroatoms. The summed E-state index contributed by atoms with van der Waals surface area (Å²) in [6.07, 6.45) is -39.1. The van der Waals surface area contributed by atoms with E-state index in [1.54, 1.807) is 0 Å². The summed E-state index contributed by atoms with van der Waals surface area (Å²) in [5, 5.41) is 9.09. The zero-order chi connectivity index (χ0) is 31.2. The number of halogens is 16. The lowest BCUT2D eigenvalue weighted by atomic mass is 10.1. The van der Waals surface area contributed by atoms with Gasteiger partial charge in [-0.3, -0.25) is 0 Å². The fourth-order valence-corrected chi connectivity index (χ4v) is 2.26. The van der Waals surface area contributed by atoms with Gasteiger partial charge in [0.05, 0.1) is 12.4 Å². The second-order valence-electron chi connectivity index (χ2n) is 7.19. The maximum Gasteiger partial charge on any atom is 0.460 e. The topological polar surface area (TPSA) is 73.7 Å². The van der Waals surface area contributed by atoms with Crippen molar-refractivity contribution >= 4 is 0 Å². The van der Waals surface area contributed by atoms with Crippen LogP contribution in [0.2, 0.25) is 0 Å². The third-order valence-corrected chi connectivity index (χ3v) is 4.23. The minimum atomic E-state index is -8.01. The largest absolute Gasteiger partial charge is 0.505 e. The molecule has 226 valence electrons. The van der Waals surface area contributed by atoms with Gasteiger partial charge in [-0.05, 0) is 24.3 Å². The van der Waals surface area contributed by atoms with Gasteiger partial charge in [-0.25, -0.2) is 19.4 Å². The molecule has 0 fully saturated rings. The predicted octanol–water partition coefficient (Wildman–Crippen LogP) is 6.76. The molecule has 2 rings (SSSR count). The van der Waals surface area contributed by atoms with Gasteiger partial charge in [0.15, 0.2) is 11.6 Å². The highest BCUT2D eigenvalue weighted by Crippen LogP contribution is 2.56. The molecular weight excluding hydrogens is 612 g/mol. The Morgan fingerprint density at radius 1 is 0.625 bits per heavy atom. The first-order valence-electron chi connectivity index (χ1n) is 9.43. The quantitative estimate of drug-likeness (QED) is 0.280. The van der Waals surface area contributed by atoms with Crippen LogP contribution >= 0.6 is 0 Å². The SMILES string of the molecule is Oc1cnc(-c2ccc(OC(F)C(F)(F)OC(F)(F)C(F)(F)OC(F)(F)C(F)(F)C(F)(F)C(F)(F)F)cc2)nc1. The molecule has 0 aliphatic carbocycles. The molecule has 1 aromatic heterocycles. The lowest BCUT2D eigenvalue weighted by Crippen LogP contribution is -2.64. The van der Waals surface area contributed by atoms with Crippen molar-refractivity contribution in [2.75, 3.05) is 0 Å². The zero-order valence-corrected chi connectivity index (χ0v) is 18.2. The van der Waals surface area contributed by atoms with Crippen molar-refractivity contribution in [3.63, 3.8) is 0 Å². The van der Waals surface area contributed by atoms with E-state index in [1.165, 1.54) is 4.74 Å². The van der Waals surface area contributed by atoms with E-state index in [1.807, 2.05) is 0 Å². The van der Waals surface area contributed by atoms with Crippen LogP contribution in [0.15, 0.2) is 36.7 Å². The standard InChI is InChI=1S/C18H8F16N2O4/c19-11(38-9-3-1-7(2-4-9)10-35-5-8(37)6-36-10)12(20,21)39-17(31,32)18(33,34)40-16(29,30)14(24,25)13(22,23)15(26,27)28/h1-6,11,37H. The van der Waals surface area contributed by atoms with Gasteiger partial charge in [-0.1, -0.05) is 0 Å². The average Bonchev–Trinajstić information content (AvgIpc) is 2.77. The van der Waals surface area contributed by atoms with E-state index in [4.69, 9.17) is 5.11 Å². The Balaban J connectivity index is 2.19. The highest BCUT2D eigenvalue weighted by molar-refractivity contribution is 5.56. The Morgan fingerprint density at radius 3 is 1.52 bits per heavy atom. The Morgan fingerprint density at radius 2 is 1.07 bits per heavy atom. The van der Waals surface area contributed by atoms with Crippen LogP contribution in [0.25, 0.3) is 11.4 Å². The van der Waals surface area contributed by atoms with Crippen molar-refractivity contribution in [2.24, 2.45) is 0 Å². The summed E-state index contributed by atoms with van der Waals surface area (Å²) < 4.78 is 216. The smallest absolute Gasteiger partial charge is 0.460 e. The van der Waals surface area contributed by atoms with Crippen molar-refractivity contribution in [3.05, 3.63) is 36.7 Å². The Kier molecular flexibility index (Phi) is 8.45. The molecule has 2 aromatic rings. The molecule has 0 bridgehead atoms. The molecule has 0 aliphatic rings. The van der Waals surface area contributed by atoms with Gasteiger partial charge in [-0.2, -0.15) is 70.2 Å². The van der Waals surface area contributed by atoms with Crippen LogP contribution in [0.1, 0.15) is 0 Å². The van der Waals surface area contributed by atoms with E-state index in [0.29, 0.717) is 12.1 Å². The normalized spacial score (nSPS) is 15.2. The summed E-state index contributed by atoms with van der Waals surface area (Å²) in [4.78, 5) is 7.26. The second-order valence-corrected chi connectivity index (χ2v) is 7.19. The average molecular weight is 620 g/mol. The summed E-state index contributed by atoms with van der Waals surface area (Å²) >= 11 is 0.